The average molecular weight is 496 g/mol. The highest BCUT2D eigenvalue weighted by molar-refractivity contribution is 7.89. The minimum Gasteiger partial charge on any atom is -0.495 e. The zero-order chi connectivity index (χ0) is 24.0. The number of amides is 1. The van der Waals surface area contributed by atoms with Crippen LogP contribution in [0.5, 0.6) is 5.75 Å². The summed E-state index contributed by atoms with van der Waals surface area (Å²) in [7, 11) is -2.50. The Bertz CT molecular complexity index is 1100. The van der Waals surface area contributed by atoms with E-state index in [1.165, 1.54) is 48.8 Å². The summed E-state index contributed by atoms with van der Waals surface area (Å²) in [6.07, 6.45) is 3.72. The van der Waals surface area contributed by atoms with Crippen LogP contribution in [0.4, 0.5) is 5.82 Å². The number of halogens is 1. The van der Waals surface area contributed by atoms with Crippen molar-refractivity contribution in [1.29, 1.82) is 0 Å². The predicted molar refractivity (Wildman–Crippen MR) is 123 cm³/mol. The second-order valence-electron chi connectivity index (χ2n) is 7.58. The highest BCUT2D eigenvalue weighted by atomic mass is 35.5. The van der Waals surface area contributed by atoms with Crippen LogP contribution in [-0.2, 0) is 19.6 Å². The quantitative estimate of drug-likeness (QED) is 0.584. The SMILES string of the molecule is COc1ccc(C(=O)OC(C)C(=O)Nc2ccc(Cl)cn2)cc1S(=O)(=O)N1CCCCCC1. The molecular formula is C22H26ClN3O6S. The molecule has 9 nitrogen and oxygen atoms in total. The summed E-state index contributed by atoms with van der Waals surface area (Å²) in [4.78, 5) is 28.9. The molecule has 1 aromatic carbocycles. The van der Waals surface area contributed by atoms with Crippen LogP contribution in [0.3, 0.4) is 0 Å². The van der Waals surface area contributed by atoms with Crippen LogP contribution >= 0.6 is 11.6 Å². The third kappa shape index (κ3) is 6.21. The van der Waals surface area contributed by atoms with Gasteiger partial charge in [-0.25, -0.2) is 18.2 Å². The van der Waals surface area contributed by atoms with Crippen molar-refractivity contribution in [3.63, 3.8) is 0 Å². The van der Waals surface area contributed by atoms with Gasteiger partial charge in [0.25, 0.3) is 5.91 Å². The maximum atomic E-state index is 13.3. The third-order valence-corrected chi connectivity index (χ3v) is 7.36. The van der Waals surface area contributed by atoms with Crippen molar-refractivity contribution in [2.75, 3.05) is 25.5 Å². The van der Waals surface area contributed by atoms with Crippen molar-refractivity contribution in [1.82, 2.24) is 9.29 Å². The molecular weight excluding hydrogens is 470 g/mol. The number of methoxy groups -OCH3 is 1. The Labute approximate surface area is 198 Å². The Morgan fingerprint density at radius 1 is 1.12 bits per heavy atom. The normalized spacial score (nSPS) is 15.8. The summed E-state index contributed by atoms with van der Waals surface area (Å²) >= 11 is 5.77. The van der Waals surface area contributed by atoms with Gasteiger partial charge in [0, 0.05) is 19.3 Å². The van der Waals surface area contributed by atoms with Crippen LogP contribution < -0.4 is 10.1 Å². The second kappa shape index (κ2) is 11.0. The van der Waals surface area contributed by atoms with Crippen LogP contribution in [0.25, 0.3) is 0 Å². The lowest BCUT2D eigenvalue weighted by molar-refractivity contribution is -0.123. The summed E-state index contributed by atoms with van der Waals surface area (Å²) in [6.45, 7) is 2.23. The van der Waals surface area contributed by atoms with E-state index in [0.29, 0.717) is 18.1 Å². The lowest BCUT2D eigenvalue weighted by atomic mass is 10.2. The number of carbonyl (C=O) groups excluding carboxylic acids is 2. The Hall–Kier alpha value is -2.69. The molecule has 2 aromatic rings. The third-order valence-electron chi connectivity index (χ3n) is 5.21. The molecule has 0 spiro atoms. The van der Waals surface area contributed by atoms with Gasteiger partial charge in [0.15, 0.2) is 6.10 Å². The lowest BCUT2D eigenvalue weighted by Gasteiger charge is -2.21. The van der Waals surface area contributed by atoms with Crippen molar-refractivity contribution in [3.8, 4) is 5.75 Å². The molecule has 1 aliphatic heterocycles. The minimum atomic E-state index is -3.87. The van der Waals surface area contributed by atoms with E-state index in [1.807, 2.05) is 0 Å². The summed E-state index contributed by atoms with van der Waals surface area (Å²) < 4.78 is 38.4. The number of sulfonamides is 1. The van der Waals surface area contributed by atoms with E-state index < -0.39 is 28.0 Å². The molecule has 2 heterocycles. The topological polar surface area (TPSA) is 115 Å². The standard InChI is InChI=1S/C22H26ClN3O6S/c1-15(21(27)25-20-10-8-17(23)14-24-20)32-22(28)16-7-9-18(31-2)19(13-16)33(29,30)26-11-5-3-4-6-12-26/h7-10,13-15H,3-6,11-12H2,1-2H3,(H,24,25,27). The summed E-state index contributed by atoms with van der Waals surface area (Å²) in [5.41, 5.74) is -0.00605. The molecule has 1 amide bonds. The van der Waals surface area contributed by atoms with Crippen molar-refractivity contribution in [2.45, 2.75) is 43.6 Å². The molecule has 3 rings (SSSR count). The van der Waals surface area contributed by atoms with Gasteiger partial charge in [-0.3, -0.25) is 4.79 Å². The van der Waals surface area contributed by atoms with E-state index in [2.05, 4.69) is 10.3 Å². The maximum absolute atomic E-state index is 13.3. The molecule has 11 heteroatoms. The van der Waals surface area contributed by atoms with Crippen molar-refractivity contribution >= 4 is 39.3 Å². The van der Waals surface area contributed by atoms with E-state index in [-0.39, 0.29) is 22.0 Å². The number of aromatic nitrogens is 1. The first-order valence-corrected chi connectivity index (χ1v) is 12.4. The Kier molecular flexibility index (Phi) is 8.28. The molecule has 0 aliphatic carbocycles. The molecule has 0 saturated carbocycles. The number of rotatable bonds is 7. The van der Waals surface area contributed by atoms with Gasteiger partial charge in [0.2, 0.25) is 10.0 Å². The maximum Gasteiger partial charge on any atom is 0.338 e. The smallest absolute Gasteiger partial charge is 0.338 e. The van der Waals surface area contributed by atoms with Crippen LogP contribution in [0, 0.1) is 0 Å². The largest absolute Gasteiger partial charge is 0.495 e. The lowest BCUT2D eigenvalue weighted by Crippen LogP contribution is -2.32. The molecule has 1 N–H and O–H groups in total. The number of hydrogen-bond acceptors (Lipinski definition) is 7. The monoisotopic (exact) mass is 495 g/mol. The van der Waals surface area contributed by atoms with Crippen LogP contribution in [0.1, 0.15) is 43.0 Å². The van der Waals surface area contributed by atoms with Gasteiger partial charge in [-0.15, -0.1) is 0 Å². The molecule has 0 bridgehead atoms. The van der Waals surface area contributed by atoms with Gasteiger partial charge >= 0.3 is 5.97 Å². The van der Waals surface area contributed by atoms with Gasteiger partial charge in [0.05, 0.1) is 17.7 Å². The molecule has 1 aromatic heterocycles. The van der Waals surface area contributed by atoms with E-state index >= 15 is 0 Å². The average Bonchev–Trinajstić information content (AvgIpc) is 3.10. The van der Waals surface area contributed by atoms with E-state index in [1.54, 1.807) is 6.07 Å². The first-order chi connectivity index (χ1) is 15.7. The van der Waals surface area contributed by atoms with Gasteiger partial charge in [0.1, 0.15) is 16.5 Å². The Morgan fingerprint density at radius 3 is 2.42 bits per heavy atom. The predicted octanol–water partition coefficient (Wildman–Crippen LogP) is 3.49. The Balaban J connectivity index is 1.76. The second-order valence-corrected chi connectivity index (χ2v) is 9.93. The molecule has 1 atom stereocenters. The van der Waals surface area contributed by atoms with E-state index in [9.17, 15) is 18.0 Å². The number of ether oxygens (including phenoxy) is 2. The van der Waals surface area contributed by atoms with Crippen molar-refractivity contribution < 1.29 is 27.5 Å². The van der Waals surface area contributed by atoms with Gasteiger partial charge in [-0.2, -0.15) is 4.31 Å². The van der Waals surface area contributed by atoms with E-state index in [0.717, 1.165) is 25.7 Å². The number of carbonyl (C=O) groups is 2. The van der Waals surface area contributed by atoms with Crippen LogP contribution in [-0.4, -0.2) is 55.9 Å². The molecule has 1 saturated heterocycles. The fraction of sp³-hybridized carbons (Fsp3) is 0.409. The summed E-state index contributed by atoms with van der Waals surface area (Å²) in [6, 6.07) is 7.10. The first kappa shape index (κ1) is 24.9. The minimum absolute atomic E-state index is 0.00605. The molecule has 1 fully saturated rings. The molecule has 1 unspecified atom stereocenters. The number of benzene rings is 1. The van der Waals surface area contributed by atoms with Crippen LogP contribution in [0.15, 0.2) is 41.4 Å². The number of esters is 1. The number of hydrogen-bond donors (Lipinski definition) is 1. The number of pyridine rings is 1. The van der Waals surface area contributed by atoms with Crippen molar-refractivity contribution in [2.24, 2.45) is 0 Å². The number of nitrogens with one attached hydrogen (secondary N) is 1. The Morgan fingerprint density at radius 2 is 1.82 bits per heavy atom. The van der Waals surface area contributed by atoms with E-state index in [4.69, 9.17) is 21.1 Å². The molecule has 178 valence electrons. The zero-order valence-electron chi connectivity index (χ0n) is 18.4. The zero-order valence-corrected chi connectivity index (χ0v) is 20.0. The van der Waals surface area contributed by atoms with Crippen LogP contribution in [0.2, 0.25) is 5.02 Å². The molecule has 33 heavy (non-hydrogen) atoms. The fourth-order valence-electron chi connectivity index (χ4n) is 3.39. The number of anilines is 1. The molecule has 1 aliphatic rings. The molecule has 0 radical (unpaired) electrons. The number of nitrogens with zero attached hydrogens (tertiary/aromatic N) is 2. The van der Waals surface area contributed by atoms with Gasteiger partial charge in [-0.05, 0) is 50.1 Å². The highest BCUT2D eigenvalue weighted by Crippen LogP contribution is 2.29. The van der Waals surface area contributed by atoms with Gasteiger partial charge < -0.3 is 14.8 Å². The summed E-state index contributed by atoms with van der Waals surface area (Å²) in [5.74, 6) is -1.04. The van der Waals surface area contributed by atoms with Crippen molar-refractivity contribution in [3.05, 3.63) is 47.1 Å². The summed E-state index contributed by atoms with van der Waals surface area (Å²) in [5, 5.41) is 2.93. The fourth-order valence-corrected chi connectivity index (χ4v) is 5.20. The van der Waals surface area contributed by atoms with Gasteiger partial charge in [-0.1, -0.05) is 24.4 Å². The first-order valence-electron chi connectivity index (χ1n) is 10.5. The highest BCUT2D eigenvalue weighted by Gasteiger charge is 2.30.